The van der Waals surface area contributed by atoms with Crippen LogP contribution in [0, 0.1) is 6.92 Å². The number of hydrogen-bond donors (Lipinski definition) is 2. The lowest BCUT2D eigenvalue weighted by atomic mass is 10.2. The summed E-state index contributed by atoms with van der Waals surface area (Å²) in [5, 5.41) is 13.9. The molecule has 0 saturated carbocycles. The lowest BCUT2D eigenvalue weighted by Crippen LogP contribution is -2.15. The Morgan fingerprint density at radius 1 is 1.56 bits per heavy atom. The molecule has 4 nitrogen and oxygen atoms in total. The average molecular weight is 344 g/mol. The number of aromatic nitrogens is 1. The van der Waals surface area contributed by atoms with Gasteiger partial charge in [-0.25, -0.2) is 4.98 Å². The Morgan fingerprint density at radius 3 is 2.94 bits per heavy atom. The molecule has 0 amide bonds. The molecule has 18 heavy (non-hydrogen) atoms. The molecular formula is C11H10BrN3OS2. The molecule has 2 aromatic rings. The molecule has 0 saturated heterocycles. The van der Waals surface area contributed by atoms with E-state index in [9.17, 15) is 0 Å². The average Bonchev–Trinajstić information content (AvgIpc) is 2.74. The monoisotopic (exact) mass is 343 g/mol. The van der Waals surface area contributed by atoms with E-state index in [2.05, 4.69) is 26.1 Å². The highest BCUT2D eigenvalue weighted by Crippen LogP contribution is 2.35. The molecule has 1 heterocycles. The van der Waals surface area contributed by atoms with Gasteiger partial charge in [0.2, 0.25) is 0 Å². The Hall–Kier alpha value is -1.05. The third kappa shape index (κ3) is 2.85. The molecule has 0 spiro atoms. The molecule has 0 aliphatic carbocycles. The fourth-order valence-electron chi connectivity index (χ4n) is 1.36. The third-order valence-electron chi connectivity index (χ3n) is 2.13. The fraction of sp³-hybridized carbons (Fsp3) is 0.0909. The van der Waals surface area contributed by atoms with Crippen molar-refractivity contribution in [2.24, 2.45) is 10.9 Å². The quantitative estimate of drug-likeness (QED) is 0.387. The standard InChI is InChI=1S/C11H10BrN3OS2/c1-6-5-17-11(14-6)18-8-4-2-3-7(12)9(8)10(13)15-16/h2-5,16H,1H3,(H2,13,15). The van der Waals surface area contributed by atoms with Crippen LogP contribution in [0.2, 0.25) is 0 Å². The van der Waals surface area contributed by atoms with E-state index < -0.39 is 0 Å². The van der Waals surface area contributed by atoms with Crippen LogP contribution in [0.4, 0.5) is 0 Å². The van der Waals surface area contributed by atoms with Crippen molar-refractivity contribution >= 4 is 44.9 Å². The van der Waals surface area contributed by atoms with Gasteiger partial charge in [0.05, 0.1) is 0 Å². The summed E-state index contributed by atoms with van der Waals surface area (Å²) in [6.07, 6.45) is 0. The summed E-state index contributed by atoms with van der Waals surface area (Å²) >= 11 is 6.47. The van der Waals surface area contributed by atoms with Gasteiger partial charge in [-0.15, -0.1) is 11.3 Å². The number of thiazole rings is 1. The molecule has 0 fully saturated rings. The van der Waals surface area contributed by atoms with Crippen LogP contribution in [0.1, 0.15) is 11.3 Å². The number of oxime groups is 1. The minimum absolute atomic E-state index is 0.0817. The molecule has 1 aromatic carbocycles. The van der Waals surface area contributed by atoms with Crippen molar-refractivity contribution < 1.29 is 5.21 Å². The van der Waals surface area contributed by atoms with Crippen molar-refractivity contribution in [1.29, 1.82) is 0 Å². The number of aryl methyl sites for hydroxylation is 1. The minimum atomic E-state index is 0.0817. The third-order valence-corrected chi connectivity index (χ3v) is 4.91. The molecule has 3 N–H and O–H groups in total. The zero-order valence-corrected chi connectivity index (χ0v) is 12.6. The van der Waals surface area contributed by atoms with Gasteiger partial charge in [0.1, 0.15) is 0 Å². The first kappa shape index (κ1) is 13.4. The van der Waals surface area contributed by atoms with Crippen LogP contribution < -0.4 is 5.73 Å². The summed E-state index contributed by atoms with van der Waals surface area (Å²) in [7, 11) is 0. The second-order valence-electron chi connectivity index (χ2n) is 3.46. The molecule has 0 aliphatic rings. The van der Waals surface area contributed by atoms with Crippen LogP contribution in [-0.2, 0) is 0 Å². The van der Waals surface area contributed by atoms with Crippen LogP contribution in [0.25, 0.3) is 0 Å². The first-order valence-corrected chi connectivity index (χ1v) is 7.47. The lowest BCUT2D eigenvalue weighted by molar-refractivity contribution is 0.318. The van der Waals surface area contributed by atoms with E-state index >= 15 is 0 Å². The number of hydrogen-bond acceptors (Lipinski definition) is 5. The van der Waals surface area contributed by atoms with E-state index in [4.69, 9.17) is 10.9 Å². The topological polar surface area (TPSA) is 71.5 Å². The smallest absolute Gasteiger partial charge is 0.172 e. The molecule has 1 aromatic heterocycles. The number of benzene rings is 1. The first-order valence-electron chi connectivity index (χ1n) is 4.98. The molecule has 0 aliphatic heterocycles. The Balaban J connectivity index is 2.41. The molecular weight excluding hydrogens is 334 g/mol. The van der Waals surface area contributed by atoms with Crippen LogP contribution in [-0.4, -0.2) is 16.0 Å². The van der Waals surface area contributed by atoms with Crippen molar-refractivity contribution in [3.63, 3.8) is 0 Å². The molecule has 7 heteroatoms. The highest BCUT2D eigenvalue weighted by Gasteiger charge is 2.13. The SMILES string of the molecule is Cc1csc(Sc2cccc(Br)c2/C(N)=N/O)n1. The van der Waals surface area contributed by atoms with E-state index in [0.717, 1.165) is 19.4 Å². The predicted molar refractivity (Wildman–Crippen MR) is 77.6 cm³/mol. The molecule has 2 rings (SSSR count). The van der Waals surface area contributed by atoms with Gasteiger partial charge in [-0.2, -0.15) is 0 Å². The van der Waals surface area contributed by atoms with Gasteiger partial charge in [-0.3, -0.25) is 0 Å². The second-order valence-corrected chi connectivity index (χ2v) is 6.46. The number of halogens is 1. The summed E-state index contributed by atoms with van der Waals surface area (Å²) in [6, 6.07) is 5.67. The molecule has 0 atom stereocenters. The zero-order chi connectivity index (χ0) is 13.1. The van der Waals surface area contributed by atoms with Crippen molar-refractivity contribution in [3.8, 4) is 0 Å². The van der Waals surface area contributed by atoms with E-state index in [1.807, 2.05) is 30.5 Å². The first-order chi connectivity index (χ1) is 8.61. The molecule has 0 bridgehead atoms. The van der Waals surface area contributed by atoms with Gasteiger partial charge in [0.15, 0.2) is 10.2 Å². The maximum atomic E-state index is 8.83. The van der Waals surface area contributed by atoms with E-state index in [-0.39, 0.29) is 5.84 Å². The number of amidine groups is 1. The van der Waals surface area contributed by atoms with Crippen LogP contribution in [0.3, 0.4) is 0 Å². The van der Waals surface area contributed by atoms with Crippen LogP contribution in [0.5, 0.6) is 0 Å². The van der Waals surface area contributed by atoms with Gasteiger partial charge >= 0.3 is 0 Å². The summed E-state index contributed by atoms with van der Waals surface area (Å²) in [4.78, 5) is 5.28. The fourth-order valence-corrected chi connectivity index (χ4v) is 4.03. The Labute approximate surface area is 121 Å². The van der Waals surface area contributed by atoms with Gasteiger partial charge in [-0.05, 0) is 35.0 Å². The predicted octanol–water partition coefficient (Wildman–Crippen LogP) is 3.46. The van der Waals surface area contributed by atoms with E-state index in [1.54, 1.807) is 11.3 Å². The normalized spacial score (nSPS) is 11.8. The highest BCUT2D eigenvalue weighted by atomic mass is 79.9. The zero-order valence-electron chi connectivity index (χ0n) is 9.42. The van der Waals surface area contributed by atoms with Gasteiger partial charge in [0.25, 0.3) is 0 Å². The summed E-state index contributed by atoms with van der Waals surface area (Å²) in [5.41, 5.74) is 7.36. The summed E-state index contributed by atoms with van der Waals surface area (Å²) < 4.78 is 1.72. The Kier molecular flexibility index (Phi) is 4.26. The second kappa shape index (κ2) is 5.73. The summed E-state index contributed by atoms with van der Waals surface area (Å²) in [6.45, 7) is 1.95. The highest BCUT2D eigenvalue weighted by molar-refractivity contribution is 9.10. The van der Waals surface area contributed by atoms with Gasteiger partial charge in [-0.1, -0.05) is 23.0 Å². The number of rotatable bonds is 3. The Morgan fingerprint density at radius 2 is 2.33 bits per heavy atom. The number of nitrogens with zero attached hydrogens (tertiary/aromatic N) is 2. The molecule has 0 radical (unpaired) electrons. The lowest BCUT2D eigenvalue weighted by Gasteiger charge is -2.08. The largest absolute Gasteiger partial charge is 0.409 e. The van der Waals surface area contributed by atoms with Crippen LogP contribution in [0.15, 0.2) is 42.4 Å². The maximum Gasteiger partial charge on any atom is 0.172 e. The van der Waals surface area contributed by atoms with Gasteiger partial charge in [0, 0.05) is 26.0 Å². The molecule has 0 unspecified atom stereocenters. The minimum Gasteiger partial charge on any atom is -0.409 e. The van der Waals surface area contributed by atoms with Crippen LogP contribution >= 0.6 is 39.0 Å². The van der Waals surface area contributed by atoms with E-state index in [1.165, 1.54) is 11.8 Å². The van der Waals surface area contributed by atoms with E-state index in [0.29, 0.717) is 5.56 Å². The number of nitrogens with two attached hydrogens (primary N) is 1. The van der Waals surface area contributed by atoms with Crippen molar-refractivity contribution in [2.75, 3.05) is 0 Å². The Bertz CT molecular complexity index is 598. The maximum absolute atomic E-state index is 8.83. The van der Waals surface area contributed by atoms with Crippen molar-refractivity contribution in [2.45, 2.75) is 16.2 Å². The van der Waals surface area contributed by atoms with Crippen molar-refractivity contribution in [3.05, 3.63) is 39.3 Å². The van der Waals surface area contributed by atoms with Gasteiger partial charge < -0.3 is 10.9 Å². The summed E-state index contributed by atoms with van der Waals surface area (Å²) in [5.74, 6) is 0.0817. The van der Waals surface area contributed by atoms with Crippen molar-refractivity contribution in [1.82, 2.24) is 4.98 Å². The molecule has 94 valence electrons.